The average molecular weight is 807 g/mol. The van der Waals surface area contributed by atoms with Gasteiger partial charge < -0.3 is 44.6 Å². The molecule has 4 fully saturated rings. The Morgan fingerprint density at radius 3 is 1.93 bits per heavy atom. The van der Waals surface area contributed by atoms with Gasteiger partial charge in [-0.15, -0.1) is 0 Å². The number of amides is 4. The molecule has 4 aliphatic rings. The molecular formula is C44H54N8O7. The van der Waals surface area contributed by atoms with Crippen molar-refractivity contribution in [2.45, 2.75) is 89.0 Å². The minimum atomic E-state index is -0.689. The third-order valence-electron chi connectivity index (χ3n) is 12.7. The molecule has 3 aliphatic heterocycles. The van der Waals surface area contributed by atoms with E-state index in [4.69, 9.17) is 19.2 Å². The first kappa shape index (κ1) is 40.1. The van der Waals surface area contributed by atoms with Crippen LogP contribution in [0.2, 0.25) is 0 Å². The quantitative estimate of drug-likeness (QED) is 0.134. The summed E-state index contributed by atoms with van der Waals surface area (Å²) in [7, 11) is 2.61. The fourth-order valence-electron chi connectivity index (χ4n) is 9.60. The van der Waals surface area contributed by atoms with E-state index in [9.17, 15) is 19.2 Å². The predicted octanol–water partition coefficient (Wildman–Crippen LogP) is 6.38. The molecule has 2 aromatic heterocycles. The lowest BCUT2D eigenvalue weighted by Gasteiger charge is -2.39. The fourth-order valence-corrected chi connectivity index (χ4v) is 9.60. The maximum Gasteiger partial charge on any atom is 0.407 e. The standard InChI is InChI=1S/C44H54N8O7/c1-25(2)36(49-43(55)57-3)41(53)51-19-5-6-35(51)39-45-23-33(47-39)28-11-7-26(8-12-28)27-9-13-29(14-10-27)34-24-46-40(48-34)38-31-15-16-32(22-31)52(38)42(54)37(50-44(56)58-4)30-17-20-59-21-18-30/h7-14,23-25,30-32,35-38H,5-6,15-22H2,1-4H3,(H,45,47)(H,46,48)(H,49,55)(H,50,56)/t31?,32?,35-,36-,37?,38?/m0/s1. The van der Waals surface area contributed by atoms with Gasteiger partial charge in [-0.3, -0.25) is 9.59 Å². The molecule has 312 valence electrons. The van der Waals surface area contributed by atoms with E-state index in [1.165, 1.54) is 14.2 Å². The molecule has 6 atom stereocenters. The number of alkyl carbamates (subject to hydrolysis) is 2. The molecule has 15 heteroatoms. The zero-order valence-corrected chi connectivity index (χ0v) is 34.1. The molecular weight excluding hydrogens is 753 g/mol. The van der Waals surface area contributed by atoms with E-state index in [0.29, 0.717) is 38.5 Å². The van der Waals surface area contributed by atoms with E-state index in [1.54, 1.807) is 6.20 Å². The van der Waals surface area contributed by atoms with Gasteiger partial charge in [-0.05, 0) is 85.0 Å². The summed E-state index contributed by atoms with van der Waals surface area (Å²) in [6.45, 7) is 5.53. The molecule has 2 bridgehead atoms. The summed E-state index contributed by atoms with van der Waals surface area (Å²) in [4.78, 5) is 72.6. The number of hydrogen-bond acceptors (Lipinski definition) is 9. The number of carbonyl (C=O) groups excluding carboxylic acids is 4. The molecule has 4 N–H and O–H groups in total. The Bertz CT molecular complexity index is 2130. The van der Waals surface area contributed by atoms with Crippen LogP contribution in [0.3, 0.4) is 0 Å². The van der Waals surface area contributed by atoms with Crippen molar-refractivity contribution >= 4 is 24.0 Å². The average Bonchev–Trinajstić information content (AvgIpc) is 4.13. The third kappa shape index (κ3) is 8.17. The highest BCUT2D eigenvalue weighted by atomic mass is 16.5. The van der Waals surface area contributed by atoms with Gasteiger partial charge in [0, 0.05) is 25.8 Å². The minimum absolute atomic E-state index is 0.0233. The summed E-state index contributed by atoms with van der Waals surface area (Å²) < 4.78 is 15.2. The Morgan fingerprint density at radius 1 is 0.746 bits per heavy atom. The number of carbonyl (C=O) groups is 4. The van der Waals surface area contributed by atoms with E-state index in [1.807, 2.05) is 29.8 Å². The van der Waals surface area contributed by atoms with E-state index in [-0.39, 0.29) is 41.8 Å². The number of nitrogens with zero attached hydrogens (tertiary/aromatic N) is 4. The van der Waals surface area contributed by atoms with Gasteiger partial charge in [-0.2, -0.15) is 0 Å². The highest BCUT2D eigenvalue weighted by Gasteiger charge is 2.52. The van der Waals surface area contributed by atoms with Crippen molar-refractivity contribution in [1.82, 2.24) is 40.4 Å². The van der Waals surface area contributed by atoms with Crippen molar-refractivity contribution in [2.24, 2.45) is 17.8 Å². The second-order valence-electron chi connectivity index (χ2n) is 16.5. The van der Waals surface area contributed by atoms with Crippen LogP contribution in [0.1, 0.15) is 82.5 Å². The van der Waals surface area contributed by atoms with Crippen LogP contribution >= 0.6 is 0 Å². The molecule has 4 unspecified atom stereocenters. The minimum Gasteiger partial charge on any atom is -0.453 e. The monoisotopic (exact) mass is 806 g/mol. The lowest BCUT2D eigenvalue weighted by molar-refractivity contribution is -0.140. The Hall–Kier alpha value is -5.70. The lowest BCUT2D eigenvalue weighted by atomic mass is 9.89. The van der Waals surface area contributed by atoms with E-state index in [2.05, 4.69) is 74.1 Å². The van der Waals surface area contributed by atoms with Gasteiger partial charge in [-0.25, -0.2) is 19.6 Å². The van der Waals surface area contributed by atoms with E-state index >= 15 is 0 Å². The Kier molecular flexibility index (Phi) is 11.7. The summed E-state index contributed by atoms with van der Waals surface area (Å²) in [5.41, 5.74) is 5.83. The first-order valence-corrected chi connectivity index (χ1v) is 20.8. The number of aromatic amines is 2. The van der Waals surface area contributed by atoms with Gasteiger partial charge in [0.2, 0.25) is 11.8 Å². The molecule has 2 aromatic carbocycles. The normalized spacial score (nSPS) is 22.7. The van der Waals surface area contributed by atoms with Crippen LogP contribution in [0, 0.1) is 17.8 Å². The van der Waals surface area contributed by atoms with Gasteiger partial charge in [0.1, 0.15) is 23.7 Å². The van der Waals surface area contributed by atoms with Crippen LogP contribution < -0.4 is 10.6 Å². The largest absolute Gasteiger partial charge is 0.453 e. The number of likely N-dealkylation sites (tertiary alicyclic amines) is 2. The molecule has 1 aliphatic carbocycles. The Balaban J connectivity index is 0.937. The van der Waals surface area contributed by atoms with E-state index in [0.717, 1.165) is 77.4 Å². The van der Waals surface area contributed by atoms with Crippen molar-refractivity contribution in [2.75, 3.05) is 34.0 Å². The van der Waals surface area contributed by atoms with Crippen LogP contribution in [-0.4, -0.2) is 106 Å². The third-order valence-corrected chi connectivity index (χ3v) is 12.7. The summed E-state index contributed by atoms with van der Waals surface area (Å²) in [6.07, 6.45) is 8.37. The summed E-state index contributed by atoms with van der Waals surface area (Å²) in [5.74, 6) is 1.46. The van der Waals surface area contributed by atoms with Crippen LogP contribution in [-0.2, 0) is 23.8 Å². The highest BCUT2D eigenvalue weighted by molar-refractivity contribution is 5.87. The maximum atomic E-state index is 14.3. The number of ether oxygens (including phenoxy) is 3. The molecule has 0 radical (unpaired) electrons. The molecule has 5 heterocycles. The number of rotatable bonds is 11. The predicted molar refractivity (Wildman–Crippen MR) is 218 cm³/mol. The molecule has 59 heavy (non-hydrogen) atoms. The smallest absolute Gasteiger partial charge is 0.407 e. The van der Waals surface area contributed by atoms with Gasteiger partial charge in [0.05, 0.1) is 50.1 Å². The number of aromatic nitrogens is 4. The maximum absolute atomic E-state index is 14.3. The SMILES string of the molecule is COC(=O)NC(C(=O)N1C2CCC(C2)C1c1ncc(-c2ccc(-c3ccc(-c4cnc([C@@H]5CCCN5C(=O)[C@@H](NC(=O)OC)C(C)C)[nH]4)cc3)cc2)[nH]1)C1CCOCC1. The second-order valence-corrected chi connectivity index (χ2v) is 16.5. The molecule has 4 aromatic rings. The van der Waals surface area contributed by atoms with Gasteiger partial charge in [-0.1, -0.05) is 62.4 Å². The molecule has 8 rings (SSSR count). The number of H-pyrrole nitrogens is 2. The number of piperidine rings is 1. The highest BCUT2D eigenvalue weighted by Crippen LogP contribution is 2.50. The van der Waals surface area contributed by atoms with Gasteiger partial charge in [0.25, 0.3) is 0 Å². The van der Waals surface area contributed by atoms with Crippen molar-refractivity contribution in [3.8, 4) is 33.6 Å². The number of imidazole rings is 2. The molecule has 15 nitrogen and oxygen atoms in total. The lowest BCUT2D eigenvalue weighted by Crippen LogP contribution is -2.55. The first-order chi connectivity index (χ1) is 28.6. The zero-order chi connectivity index (χ0) is 41.2. The fraction of sp³-hybridized carbons (Fsp3) is 0.500. The second kappa shape index (κ2) is 17.3. The summed E-state index contributed by atoms with van der Waals surface area (Å²) in [6, 6.07) is 15.0. The summed E-state index contributed by atoms with van der Waals surface area (Å²) in [5, 5.41) is 5.57. The van der Waals surface area contributed by atoms with Crippen LogP contribution in [0.4, 0.5) is 9.59 Å². The number of benzene rings is 2. The van der Waals surface area contributed by atoms with Crippen LogP contribution in [0.15, 0.2) is 60.9 Å². The van der Waals surface area contributed by atoms with Crippen LogP contribution in [0.25, 0.3) is 33.6 Å². The van der Waals surface area contributed by atoms with Crippen molar-refractivity contribution < 1.29 is 33.4 Å². The number of hydrogen-bond donors (Lipinski definition) is 4. The topological polar surface area (TPSA) is 184 Å². The van der Waals surface area contributed by atoms with Crippen LogP contribution in [0.5, 0.6) is 0 Å². The molecule has 0 spiro atoms. The molecule has 3 saturated heterocycles. The number of methoxy groups -OCH3 is 2. The van der Waals surface area contributed by atoms with Crippen molar-refractivity contribution in [3.05, 3.63) is 72.6 Å². The van der Waals surface area contributed by atoms with Crippen molar-refractivity contribution in [3.63, 3.8) is 0 Å². The van der Waals surface area contributed by atoms with Crippen molar-refractivity contribution in [1.29, 1.82) is 0 Å². The van der Waals surface area contributed by atoms with E-state index < -0.39 is 24.3 Å². The Morgan fingerprint density at radius 2 is 1.32 bits per heavy atom. The first-order valence-electron chi connectivity index (χ1n) is 20.8. The number of nitrogens with one attached hydrogen (secondary N) is 4. The van der Waals surface area contributed by atoms with Gasteiger partial charge in [0.15, 0.2) is 0 Å². The summed E-state index contributed by atoms with van der Waals surface area (Å²) >= 11 is 0. The van der Waals surface area contributed by atoms with Gasteiger partial charge >= 0.3 is 12.2 Å². The zero-order valence-electron chi connectivity index (χ0n) is 34.1. The number of fused-ring (bicyclic) bond motifs is 2. The molecule has 1 saturated carbocycles. The Labute approximate surface area is 344 Å². The molecule has 4 amide bonds.